The Morgan fingerprint density at radius 2 is 0.862 bits per heavy atom. The fraction of sp³-hybridized carbons (Fsp3) is 0.946. The molecule has 0 bridgehead atoms. The topological polar surface area (TPSA) is 149 Å². The molecule has 1 aliphatic rings. The molecule has 65 heavy (non-hydrogen) atoms. The minimum absolute atomic E-state index is 0.138. The molecule has 1 aliphatic heterocycles. The third-order valence-electron chi connectivity index (χ3n) is 13.9. The molecule has 9 heteroatoms. The molecule has 0 aromatic carbocycles. The zero-order valence-electron chi connectivity index (χ0n) is 42.8. The highest BCUT2D eigenvalue weighted by Crippen LogP contribution is 2.23. The van der Waals surface area contributed by atoms with Gasteiger partial charge in [-0.1, -0.05) is 251 Å². The summed E-state index contributed by atoms with van der Waals surface area (Å²) in [5.41, 5.74) is 0. The molecule has 7 unspecified atom stereocenters. The molecule has 1 heterocycles. The van der Waals surface area contributed by atoms with Crippen molar-refractivity contribution in [3.63, 3.8) is 0 Å². The molecular formula is C56H109NO8. The van der Waals surface area contributed by atoms with Crippen LogP contribution in [0.25, 0.3) is 0 Å². The zero-order valence-corrected chi connectivity index (χ0v) is 42.8. The highest BCUT2D eigenvalue weighted by atomic mass is 16.7. The van der Waals surface area contributed by atoms with Crippen LogP contribution in [0, 0.1) is 0 Å². The molecule has 1 fully saturated rings. The van der Waals surface area contributed by atoms with Crippen LogP contribution < -0.4 is 5.32 Å². The van der Waals surface area contributed by atoms with Crippen LogP contribution >= 0.6 is 0 Å². The predicted octanol–water partition coefficient (Wildman–Crippen LogP) is 13.6. The van der Waals surface area contributed by atoms with Crippen molar-refractivity contribution in [1.29, 1.82) is 0 Å². The van der Waals surface area contributed by atoms with Crippen molar-refractivity contribution < 1.29 is 39.8 Å². The Kier molecular flexibility index (Phi) is 44.5. The SMILES string of the molecule is CCCCC/C=C\CCCCCCCC(=O)NC(COC1OC(CO)C(O)C(O)C1O)C(O)CCCCCCCCCCCCCCCCCCCCCCCCCCCCCCCC. The summed E-state index contributed by atoms with van der Waals surface area (Å²) in [7, 11) is 0. The first-order valence-electron chi connectivity index (χ1n) is 28.4. The smallest absolute Gasteiger partial charge is 0.220 e. The quantitative estimate of drug-likeness (QED) is 0.0261. The van der Waals surface area contributed by atoms with Crippen LogP contribution in [0.15, 0.2) is 12.2 Å². The summed E-state index contributed by atoms with van der Waals surface area (Å²) in [5, 5.41) is 54.5. The number of allylic oxidation sites excluding steroid dienone is 2. The van der Waals surface area contributed by atoms with Gasteiger partial charge in [0, 0.05) is 6.42 Å². The number of unbranched alkanes of at least 4 members (excludes halogenated alkanes) is 37. The second kappa shape index (κ2) is 46.6. The van der Waals surface area contributed by atoms with Crippen LogP contribution in [0.5, 0.6) is 0 Å². The Labute approximate surface area is 401 Å². The number of ether oxygens (including phenoxy) is 2. The fourth-order valence-electron chi connectivity index (χ4n) is 9.34. The standard InChI is InChI=1S/C56H109NO8/c1-3-5-7-9-11-13-15-17-18-19-20-21-22-23-24-25-26-27-28-29-30-31-32-33-34-35-37-39-41-43-45-50(59)49(48-64-56-55(63)54(62)53(61)51(47-58)65-56)57-52(60)46-44-42-40-38-36-16-14-12-10-8-6-4-2/h12,14,49-51,53-56,58-59,61-63H,3-11,13,15-48H2,1-2H3,(H,57,60)/b14-12-. The highest BCUT2D eigenvalue weighted by Gasteiger charge is 2.44. The van der Waals surface area contributed by atoms with E-state index in [2.05, 4.69) is 31.3 Å². The van der Waals surface area contributed by atoms with E-state index in [1.165, 1.54) is 205 Å². The zero-order chi connectivity index (χ0) is 47.3. The van der Waals surface area contributed by atoms with E-state index < -0.39 is 49.5 Å². The number of rotatable bonds is 49. The number of hydrogen-bond acceptors (Lipinski definition) is 8. The Morgan fingerprint density at radius 1 is 0.508 bits per heavy atom. The average molecular weight is 924 g/mol. The first kappa shape index (κ1) is 61.9. The Bertz CT molecular complexity index is 1030. The van der Waals surface area contributed by atoms with Gasteiger partial charge in [-0.25, -0.2) is 0 Å². The number of aliphatic hydroxyl groups excluding tert-OH is 5. The van der Waals surface area contributed by atoms with Crippen molar-refractivity contribution >= 4 is 5.91 Å². The molecule has 6 N–H and O–H groups in total. The van der Waals surface area contributed by atoms with E-state index in [1.807, 2.05) is 0 Å². The predicted molar refractivity (Wildman–Crippen MR) is 272 cm³/mol. The van der Waals surface area contributed by atoms with E-state index in [-0.39, 0.29) is 12.5 Å². The summed E-state index contributed by atoms with van der Waals surface area (Å²) >= 11 is 0. The summed E-state index contributed by atoms with van der Waals surface area (Å²) < 4.78 is 11.3. The fourth-order valence-corrected chi connectivity index (χ4v) is 9.34. The summed E-state index contributed by atoms with van der Waals surface area (Å²) in [6.45, 7) is 3.83. The van der Waals surface area contributed by atoms with E-state index >= 15 is 0 Å². The van der Waals surface area contributed by atoms with E-state index in [0.717, 1.165) is 51.4 Å². The van der Waals surface area contributed by atoms with Crippen LogP contribution in [0.3, 0.4) is 0 Å². The van der Waals surface area contributed by atoms with Crippen LogP contribution in [0.2, 0.25) is 0 Å². The normalized spacial score (nSPS) is 19.9. The van der Waals surface area contributed by atoms with Gasteiger partial charge < -0.3 is 40.3 Å². The van der Waals surface area contributed by atoms with E-state index in [9.17, 15) is 30.3 Å². The van der Waals surface area contributed by atoms with Gasteiger partial charge in [-0.3, -0.25) is 4.79 Å². The maximum Gasteiger partial charge on any atom is 0.220 e. The second-order valence-corrected chi connectivity index (χ2v) is 20.1. The lowest BCUT2D eigenvalue weighted by atomic mass is 9.99. The van der Waals surface area contributed by atoms with Crippen molar-refractivity contribution in [2.75, 3.05) is 13.2 Å². The van der Waals surface area contributed by atoms with Gasteiger partial charge in [0.1, 0.15) is 24.4 Å². The first-order valence-corrected chi connectivity index (χ1v) is 28.4. The molecule has 0 aliphatic carbocycles. The van der Waals surface area contributed by atoms with Crippen LogP contribution in [0.1, 0.15) is 284 Å². The second-order valence-electron chi connectivity index (χ2n) is 20.1. The van der Waals surface area contributed by atoms with Gasteiger partial charge in [0.05, 0.1) is 25.4 Å². The molecule has 0 spiro atoms. The lowest BCUT2D eigenvalue weighted by Crippen LogP contribution is -2.60. The Balaban J connectivity index is 2.12. The van der Waals surface area contributed by atoms with Crippen molar-refractivity contribution in [2.24, 2.45) is 0 Å². The molecule has 7 atom stereocenters. The summed E-state index contributed by atoms with van der Waals surface area (Å²) in [6, 6.07) is -0.720. The van der Waals surface area contributed by atoms with E-state index in [0.29, 0.717) is 12.8 Å². The lowest BCUT2D eigenvalue weighted by molar-refractivity contribution is -0.302. The Hall–Kier alpha value is -1.07. The van der Waals surface area contributed by atoms with Gasteiger partial charge in [-0.05, 0) is 38.5 Å². The van der Waals surface area contributed by atoms with Crippen LogP contribution in [-0.2, 0) is 14.3 Å². The van der Waals surface area contributed by atoms with Gasteiger partial charge >= 0.3 is 0 Å². The molecule has 386 valence electrons. The van der Waals surface area contributed by atoms with E-state index in [1.54, 1.807) is 0 Å². The molecule has 1 amide bonds. The monoisotopic (exact) mass is 924 g/mol. The maximum absolute atomic E-state index is 13.0. The summed E-state index contributed by atoms with van der Waals surface area (Å²) in [5.74, 6) is -0.151. The summed E-state index contributed by atoms with van der Waals surface area (Å²) in [6.07, 6.45) is 49.7. The largest absolute Gasteiger partial charge is 0.394 e. The number of aliphatic hydroxyl groups is 5. The average Bonchev–Trinajstić information content (AvgIpc) is 3.31. The number of carbonyl (C=O) groups excluding carboxylic acids is 1. The van der Waals surface area contributed by atoms with Crippen LogP contribution in [-0.4, -0.2) is 87.5 Å². The lowest BCUT2D eigenvalue weighted by Gasteiger charge is -2.40. The number of amides is 1. The van der Waals surface area contributed by atoms with E-state index in [4.69, 9.17) is 9.47 Å². The highest BCUT2D eigenvalue weighted by molar-refractivity contribution is 5.76. The number of nitrogens with one attached hydrogen (secondary N) is 1. The van der Waals surface area contributed by atoms with Gasteiger partial charge in [0.2, 0.25) is 5.91 Å². The van der Waals surface area contributed by atoms with Crippen molar-refractivity contribution in [3.05, 3.63) is 12.2 Å². The molecule has 9 nitrogen and oxygen atoms in total. The van der Waals surface area contributed by atoms with Crippen molar-refractivity contribution in [2.45, 2.75) is 326 Å². The molecule has 0 saturated carbocycles. The molecule has 0 radical (unpaired) electrons. The number of carbonyl (C=O) groups is 1. The van der Waals surface area contributed by atoms with Crippen molar-refractivity contribution in [3.8, 4) is 0 Å². The first-order chi connectivity index (χ1) is 31.8. The Morgan fingerprint density at radius 3 is 1.28 bits per heavy atom. The molecule has 1 rings (SSSR count). The minimum atomic E-state index is -1.55. The molecular weight excluding hydrogens is 815 g/mol. The molecule has 0 aromatic heterocycles. The van der Waals surface area contributed by atoms with Gasteiger partial charge in [0.15, 0.2) is 6.29 Å². The minimum Gasteiger partial charge on any atom is -0.394 e. The summed E-state index contributed by atoms with van der Waals surface area (Å²) in [4.78, 5) is 13.0. The molecule has 0 aromatic rings. The van der Waals surface area contributed by atoms with Gasteiger partial charge in [-0.2, -0.15) is 0 Å². The van der Waals surface area contributed by atoms with Gasteiger partial charge in [-0.15, -0.1) is 0 Å². The molecule has 1 saturated heterocycles. The van der Waals surface area contributed by atoms with Crippen LogP contribution in [0.4, 0.5) is 0 Å². The third-order valence-corrected chi connectivity index (χ3v) is 13.9. The van der Waals surface area contributed by atoms with Crippen molar-refractivity contribution in [1.82, 2.24) is 5.32 Å². The van der Waals surface area contributed by atoms with Gasteiger partial charge in [0.25, 0.3) is 0 Å². The maximum atomic E-state index is 13.0. The number of hydrogen-bond donors (Lipinski definition) is 6. The third kappa shape index (κ3) is 36.6.